The number of tetrazole rings is 1. The van der Waals surface area contributed by atoms with Crippen molar-refractivity contribution in [3.63, 3.8) is 0 Å². The Morgan fingerprint density at radius 2 is 2.08 bits per heavy atom. The topological polar surface area (TPSA) is 117 Å². The van der Waals surface area contributed by atoms with E-state index in [2.05, 4.69) is 41.3 Å². The van der Waals surface area contributed by atoms with Crippen LogP contribution in [0, 0.1) is 6.92 Å². The number of amides is 1. The smallest absolute Gasteiger partial charge is 0.369 e. The Hall–Kier alpha value is -3.33. The molecule has 1 fully saturated rings. The summed E-state index contributed by atoms with van der Waals surface area (Å²) in [6, 6.07) is 3.47. The lowest BCUT2D eigenvalue weighted by Crippen LogP contribution is -2.49. The third-order valence-electron chi connectivity index (χ3n) is 5.93. The quantitative estimate of drug-likeness (QED) is 0.386. The number of anilines is 2. The minimum Gasteiger partial charge on any atom is -0.369 e. The van der Waals surface area contributed by atoms with Crippen LogP contribution in [0.15, 0.2) is 18.2 Å². The highest BCUT2D eigenvalue weighted by atomic mass is 35.5. The Morgan fingerprint density at radius 1 is 1.32 bits per heavy atom. The molecule has 3 N–H and O–H groups in total. The third kappa shape index (κ3) is 5.82. The predicted octanol–water partition coefficient (Wildman–Crippen LogP) is 3.68. The van der Waals surface area contributed by atoms with E-state index in [9.17, 15) is 26.7 Å². The molecule has 0 aliphatic carbocycles. The Morgan fingerprint density at radius 3 is 2.68 bits per heavy atom. The zero-order chi connectivity index (χ0) is 26.9. The van der Waals surface area contributed by atoms with Gasteiger partial charge in [-0.05, 0) is 37.3 Å². The molecule has 0 spiro atoms. The van der Waals surface area contributed by atoms with Gasteiger partial charge in [-0.1, -0.05) is 11.6 Å². The zero-order valence-electron chi connectivity index (χ0n) is 19.7. The number of piperazine rings is 1. The van der Waals surface area contributed by atoms with E-state index >= 15 is 0 Å². The second-order valence-corrected chi connectivity index (χ2v) is 8.97. The first-order valence-corrected chi connectivity index (χ1v) is 11.6. The summed E-state index contributed by atoms with van der Waals surface area (Å²) in [6.45, 7) is 5.41. The summed E-state index contributed by atoms with van der Waals surface area (Å²) in [4.78, 5) is 15.3. The molecular weight excluding hydrogens is 525 g/mol. The molecule has 1 amide bonds. The molecule has 10 nitrogen and oxygen atoms in total. The van der Waals surface area contributed by atoms with Gasteiger partial charge in [0, 0.05) is 43.3 Å². The van der Waals surface area contributed by atoms with Crippen LogP contribution in [-0.4, -0.2) is 68.4 Å². The molecule has 2 atom stereocenters. The van der Waals surface area contributed by atoms with Gasteiger partial charge in [-0.3, -0.25) is 9.48 Å². The lowest BCUT2D eigenvalue weighted by Gasteiger charge is -2.34. The molecule has 1 aliphatic rings. The molecule has 0 radical (unpaired) electrons. The summed E-state index contributed by atoms with van der Waals surface area (Å²) in [7, 11) is 0. The van der Waals surface area contributed by atoms with Crippen molar-refractivity contribution in [3.05, 3.63) is 34.6 Å². The van der Waals surface area contributed by atoms with Crippen LogP contribution in [-0.2, 0) is 11.0 Å². The maximum Gasteiger partial charge on any atom is 0.436 e. The highest BCUT2D eigenvalue weighted by Crippen LogP contribution is 2.37. The molecule has 0 bridgehead atoms. The van der Waals surface area contributed by atoms with Crippen molar-refractivity contribution in [2.45, 2.75) is 45.0 Å². The summed E-state index contributed by atoms with van der Waals surface area (Å²) in [5.41, 5.74) is -0.422. The third-order valence-corrected chi connectivity index (χ3v) is 6.38. The molecule has 1 saturated heterocycles. The molecule has 16 heteroatoms. The molecule has 1 aliphatic heterocycles. The van der Waals surface area contributed by atoms with E-state index in [1.807, 2.05) is 6.92 Å². The summed E-state index contributed by atoms with van der Waals surface area (Å²) in [6.07, 6.45) is -9.03. The van der Waals surface area contributed by atoms with Gasteiger partial charge in [-0.25, -0.2) is 8.78 Å². The summed E-state index contributed by atoms with van der Waals surface area (Å²) in [5.74, 6) is -0.881. The minimum atomic E-state index is -4.93. The predicted molar refractivity (Wildman–Crippen MR) is 125 cm³/mol. The van der Waals surface area contributed by atoms with Crippen molar-refractivity contribution >= 4 is 28.9 Å². The lowest BCUT2D eigenvalue weighted by atomic mass is 10.1. The Balaban J connectivity index is 1.69. The monoisotopic (exact) mass is 547 g/mol. The first kappa shape index (κ1) is 26.7. The van der Waals surface area contributed by atoms with Crippen LogP contribution in [0.25, 0.3) is 11.4 Å². The number of nitrogens with zero attached hydrogens (tertiary/aromatic N) is 6. The molecule has 1 aromatic carbocycles. The number of nitrogens with one attached hydrogen (secondary N) is 3. The number of aromatic amines is 1. The number of carbonyl (C=O) groups excluding carboxylic acids is 1. The van der Waals surface area contributed by atoms with Crippen molar-refractivity contribution in [1.82, 2.24) is 35.7 Å². The molecule has 200 valence electrons. The van der Waals surface area contributed by atoms with Gasteiger partial charge in [-0.15, -0.1) is 10.2 Å². The van der Waals surface area contributed by atoms with E-state index in [0.29, 0.717) is 16.8 Å². The minimum absolute atomic E-state index is 0.128. The number of H-pyrrole nitrogens is 1. The van der Waals surface area contributed by atoms with Gasteiger partial charge >= 0.3 is 6.18 Å². The van der Waals surface area contributed by atoms with Crippen molar-refractivity contribution in [3.8, 4) is 11.4 Å². The van der Waals surface area contributed by atoms with E-state index in [0.717, 1.165) is 18.8 Å². The second-order valence-electron chi connectivity index (χ2n) is 8.59. The van der Waals surface area contributed by atoms with Gasteiger partial charge in [-0.2, -0.15) is 23.5 Å². The maximum absolute atomic E-state index is 13.4. The van der Waals surface area contributed by atoms with Gasteiger partial charge in [0.2, 0.25) is 18.2 Å². The van der Waals surface area contributed by atoms with Gasteiger partial charge in [0.1, 0.15) is 6.04 Å². The van der Waals surface area contributed by atoms with Crippen molar-refractivity contribution in [1.29, 1.82) is 0 Å². The van der Waals surface area contributed by atoms with Gasteiger partial charge in [0.15, 0.2) is 5.69 Å². The van der Waals surface area contributed by atoms with E-state index in [4.69, 9.17) is 11.6 Å². The van der Waals surface area contributed by atoms with E-state index in [-0.39, 0.29) is 23.2 Å². The number of hydrogen-bond donors (Lipinski definition) is 3. The van der Waals surface area contributed by atoms with E-state index in [1.54, 1.807) is 18.2 Å². The first-order valence-electron chi connectivity index (χ1n) is 11.2. The molecule has 0 saturated carbocycles. The van der Waals surface area contributed by atoms with Crippen LogP contribution >= 0.6 is 11.6 Å². The Bertz CT molecular complexity index is 1250. The Labute approximate surface area is 212 Å². The van der Waals surface area contributed by atoms with Crippen LogP contribution in [0.4, 0.5) is 33.3 Å². The van der Waals surface area contributed by atoms with Gasteiger partial charge < -0.3 is 15.5 Å². The second kappa shape index (κ2) is 10.6. The van der Waals surface area contributed by atoms with Crippen LogP contribution in [0.2, 0.25) is 5.02 Å². The van der Waals surface area contributed by atoms with E-state index in [1.165, 1.54) is 6.92 Å². The van der Waals surface area contributed by atoms with Crippen LogP contribution in [0.3, 0.4) is 0 Å². The molecule has 4 rings (SSSR count). The first-order chi connectivity index (χ1) is 17.5. The van der Waals surface area contributed by atoms with Crippen LogP contribution in [0.5, 0.6) is 0 Å². The summed E-state index contributed by atoms with van der Waals surface area (Å²) < 4.78 is 67.3. The summed E-state index contributed by atoms with van der Waals surface area (Å²) >= 11 is 5.78. The van der Waals surface area contributed by atoms with Crippen molar-refractivity contribution in [2.75, 3.05) is 29.9 Å². The number of halogens is 6. The maximum atomic E-state index is 13.4. The SMILES string of the molecule is Cc1c(Cl)c(C(F)(F)F)nn1[C@@H](CC(F)F)C(=O)Nc1ccc(N2CCN[C@@H](C)C2)cc1-c1nn[nH]n1. The standard InChI is InChI=1S/C21H23ClF5N9O/c1-10-9-35(6-5-28-10)12-3-4-14(13(7-12)19-30-33-34-31-19)29-20(37)15(8-16(23)24)36-11(2)17(22)18(32-36)21(25,26)27/h3-4,7,10,15-16,28H,5-6,8-9H2,1-2H3,(H,29,37)(H,30,31,33,34)/t10-,15-/m0/s1. The largest absolute Gasteiger partial charge is 0.436 e. The van der Waals surface area contributed by atoms with Gasteiger partial charge in [0.05, 0.1) is 16.4 Å². The zero-order valence-corrected chi connectivity index (χ0v) is 20.4. The fourth-order valence-electron chi connectivity index (χ4n) is 4.15. The van der Waals surface area contributed by atoms with Gasteiger partial charge in [0.25, 0.3) is 0 Å². The summed E-state index contributed by atoms with van der Waals surface area (Å²) in [5, 5.41) is 22.2. The Kier molecular flexibility index (Phi) is 7.64. The molecular formula is C21H23ClF5N9O. The average Bonchev–Trinajstić information content (AvgIpc) is 3.46. The average molecular weight is 548 g/mol. The molecule has 2 aromatic heterocycles. The molecule has 37 heavy (non-hydrogen) atoms. The number of alkyl halides is 5. The lowest BCUT2D eigenvalue weighted by molar-refractivity contribution is -0.141. The highest BCUT2D eigenvalue weighted by molar-refractivity contribution is 6.32. The van der Waals surface area contributed by atoms with E-state index < -0.39 is 41.7 Å². The molecule has 3 heterocycles. The fourth-order valence-corrected chi connectivity index (χ4v) is 4.38. The number of carbonyl (C=O) groups is 1. The van der Waals surface area contributed by atoms with Crippen LogP contribution < -0.4 is 15.5 Å². The number of rotatable bonds is 7. The fraction of sp³-hybridized carbons (Fsp3) is 0.476. The normalized spacial score (nSPS) is 17.3. The van der Waals surface area contributed by atoms with Crippen molar-refractivity contribution < 1.29 is 26.7 Å². The number of aromatic nitrogens is 6. The van der Waals surface area contributed by atoms with Crippen LogP contribution in [0.1, 0.15) is 30.8 Å². The highest BCUT2D eigenvalue weighted by Gasteiger charge is 2.40. The van der Waals surface area contributed by atoms with Crippen molar-refractivity contribution in [2.24, 2.45) is 0 Å². The number of benzene rings is 1. The number of hydrogen-bond acceptors (Lipinski definition) is 7. The molecule has 3 aromatic rings. The molecule has 0 unspecified atom stereocenters.